The van der Waals surface area contributed by atoms with E-state index in [4.69, 9.17) is 48.5 Å². The number of nitrogens with two attached hydrogens (primary N) is 1. The highest BCUT2D eigenvalue weighted by Crippen LogP contribution is 2.42. The van der Waals surface area contributed by atoms with E-state index in [2.05, 4.69) is 0 Å². The van der Waals surface area contributed by atoms with E-state index in [1.54, 1.807) is 41.5 Å². The number of methoxy groups -OCH3 is 2. The lowest BCUT2D eigenvalue weighted by Gasteiger charge is -2.50. The first kappa shape index (κ1) is 50.8. The maximum atomic E-state index is 14.4. The van der Waals surface area contributed by atoms with Gasteiger partial charge in [-0.15, -0.1) is 0 Å². The molecule has 5 N–H and O–H groups in total. The molecule has 1 unspecified atom stereocenters. The summed E-state index contributed by atoms with van der Waals surface area (Å²) in [6.07, 6.45) is -10.3. The molecule has 3 fully saturated rings. The Hall–Kier alpha value is -2.52. The molecule has 0 aromatic heterocycles. The van der Waals surface area contributed by atoms with Crippen molar-refractivity contribution in [3.63, 3.8) is 0 Å². The van der Waals surface area contributed by atoms with E-state index in [0.717, 1.165) is 0 Å². The van der Waals surface area contributed by atoms with Crippen LogP contribution >= 0.6 is 0 Å². The fourth-order valence-electron chi connectivity index (χ4n) is 9.25. The van der Waals surface area contributed by atoms with E-state index >= 15 is 0 Å². The molecule has 0 aromatic carbocycles. The maximum Gasteiger partial charge on any atom is 0.421 e. The standard InChI is InChI=1S/C41H73N3O15/c1-16-28-41(11,50)33(47)22(4)30(46)20(2)18-39(9,51-14)34(58-37-32(55-26(8)45)27(44(12)13)17-21(3)53-37)23(5)31(24(6)36(48)56-28)57-29-19-40(10,52-15)35(25(7)54-29)59-38(49)43-42/h20-25,27-29,31-35,37,47,50H,16-19,42H2,1-15H3,(H,43,49)/t20-,21-,22-,23-,24-,25+,27+,28+,29+,31+,32-,33+,34?,35+,37+,39-,40-,41-/m1/s1. The average molecular weight is 848 g/mol. The van der Waals surface area contributed by atoms with Crippen LogP contribution in [0.5, 0.6) is 0 Å². The van der Waals surface area contributed by atoms with Gasteiger partial charge in [-0.2, -0.15) is 0 Å². The van der Waals surface area contributed by atoms with E-state index < -0.39 is 114 Å². The van der Waals surface area contributed by atoms with Crippen LogP contribution in [0.1, 0.15) is 102 Å². The van der Waals surface area contributed by atoms with Gasteiger partial charge in [0.1, 0.15) is 23.1 Å². The van der Waals surface area contributed by atoms with Crippen molar-refractivity contribution >= 4 is 23.8 Å². The normalized spacial score (nSPS) is 44.3. The molecule has 18 atom stereocenters. The van der Waals surface area contributed by atoms with Crippen molar-refractivity contribution in [2.75, 3.05) is 28.3 Å². The number of hydrazine groups is 1. The molecule has 3 saturated heterocycles. The Morgan fingerprint density at radius 3 is 2.02 bits per heavy atom. The third-order valence-corrected chi connectivity index (χ3v) is 12.9. The first-order valence-electron chi connectivity index (χ1n) is 20.7. The number of rotatable bonds is 10. The van der Waals surface area contributed by atoms with Crippen LogP contribution in [0.3, 0.4) is 0 Å². The van der Waals surface area contributed by atoms with Crippen LogP contribution in [0.2, 0.25) is 0 Å². The Morgan fingerprint density at radius 2 is 1.49 bits per heavy atom. The largest absolute Gasteiger partial charge is 0.459 e. The molecule has 1 amide bonds. The molecule has 59 heavy (non-hydrogen) atoms. The second kappa shape index (κ2) is 20.6. The fraction of sp³-hybridized carbons (Fsp3) is 0.902. The molecule has 3 aliphatic heterocycles. The predicted octanol–water partition coefficient (Wildman–Crippen LogP) is 2.62. The number of aliphatic hydroxyl groups excluding tert-OH is 1. The number of carbonyl (C=O) groups is 4. The van der Waals surface area contributed by atoms with Crippen molar-refractivity contribution in [3.8, 4) is 0 Å². The Kier molecular flexibility index (Phi) is 17.7. The number of hydrogen-bond donors (Lipinski definition) is 4. The topological polar surface area (TPSA) is 233 Å². The number of esters is 2. The van der Waals surface area contributed by atoms with Crippen LogP contribution in [0.15, 0.2) is 0 Å². The van der Waals surface area contributed by atoms with Crippen molar-refractivity contribution < 1.29 is 72.0 Å². The molecule has 18 nitrogen and oxygen atoms in total. The summed E-state index contributed by atoms with van der Waals surface area (Å²) in [5.41, 5.74) is -2.55. The molecule has 3 heterocycles. The molecule has 3 rings (SSSR count). The van der Waals surface area contributed by atoms with Gasteiger partial charge in [0.15, 0.2) is 24.8 Å². The number of carbonyl (C=O) groups excluding carboxylic acids is 4. The van der Waals surface area contributed by atoms with Gasteiger partial charge in [0.2, 0.25) is 0 Å². The summed E-state index contributed by atoms with van der Waals surface area (Å²) in [5, 5.41) is 23.3. The van der Waals surface area contributed by atoms with Gasteiger partial charge in [0.25, 0.3) is 0 Å². The van der Waals surface area contributed by atoms with Gasteiger partial charge in [0.05, 0.1) is 48.1 Å². The Balaban J connectivity index is 2.27. The first-order valence-corrected chi connectivity index (χ1v) is 20.7. The SMILES string of the molecule is CC[C@@H]1OC(=O)[C@H](C)[C@@H](O[C@H]2C[C@@](C)(OC)[C@@H](OC(=O)NN)[C@H](C)O2)[C@@H](C)C(O[C@@H]2O[C@H](C)C[C@H](N(C)C)[C@H]2OC(C)=O)[C@](C)(OC)C[C@@H](C)C(=O)[C@@H](C)[C@H](O)[C@]1(C)O. The van der Waals surface area contributed by atoms with E-state index in [-0.39, 0.29) is 37.2 Å². The zero-order valence-corrected chi connectivity index (χ0v) is 37.7. The van der Waals surface area contributed by atoms with Gasteiger partial charge in [-0.1, -0.05) is 27.7 Å². The number of nitrogens with zero attached hydrogens (tertiary/aromatic N) is 1. The van der Waals surface area contributed by atoms with Crippen LogP contribution in [0.25, 0.3) is 0 Å². The van der Waals surface area contributed by atoms with Gasteiger partial charge >= 0.3 is 18.0 Å². The summed E-state index contributed by atoms with van der Waals surface area (Å²) < 4.78 is 56.3. The Labute approximate surface area is 349 Å². The molecule has 0 aliphatic carbocycles. The molecule has 3 aliphatic rings. The minimum Gasteiger partial charge on any atom is -0.459 e. The van der Waals surface area contributed by atoms with Crippen molar-refractivity contribution in [1.29, 1.82) is 0 Å². The minimum absolute atomic E-state index is 0.0264. The van der Waals surface area contributed by atoms with Crippen LogP contribution in [-0.2, 0) is 57.0 Å². The minimum atomic E-state index is -2.02. The Morgan fingerprint density at radius 1 is 0.898 bits per heavy atom. The van der Waals surface area contributed by atoms with Crippen LogP contribution in [-0.4, -0.2) is 151 Å². The lowest BCUT2D eigenvalue weighted by Crippen LogP contribution is -2.62. The molecular weight excluding hydrogens is 774 g/mol. The second-order valence-corrected chi connectivity index (χ2v) is 17.7. The van der Waals surface area contributed by atoms with Crippen LogP contribution in [0.4, 0.5) is 4.79 Å². The number of aliphatic hydroxyl groups is 2. The average Bonchev–Trinajstić information content (AvgIpc) is 3.17. The number of ketones is 1. The van der Waals surface area contributed by atoms with Crippen LogP contribution in [0, 0.1) is 23.7 Å². The maximum absolute atomic E-state index is 14.4. The first-order chi connectivity index (χ1) is 27.3. The van der Waals surface area contributed by atoms with Gasteiger partial charge < -0.3 is 57.7 Å². The van der Waals surface area contributed by atoms with E-state index in [9.17, 15) is 29.4 Å². The zero-order valence-electron chi connectivity index (χ0n) is 37.7. The number of ether oxygens (including phenoxy) is 9. The number of nitrogens with one attached hydrogen (secondary N) is 1. The lowest BCUT2D eigenvalue weighted by atomic mass is 9.74. The molecular formula is C41H73N3O15. The van der Waals surface area contributed by atoms with Gasteiger partial charge in [-0.3, -0.25) is 19.8 Å². The summed E-state index contributed by atoms with van der Waals surface area (Å²) in [5.74, 6) is -0.0674. The van der Waals surface area contributed by atoms with Crippen molar-refractivity contribution in [2.24, 2.45) is 29.5 Å². The van der Waals surface area contributed by atoms with Gasteiger partial charge in [-0.05, 0) is 74.9 Å². The summed E-state index contributed by atoms with van der Waals surface area (Å²) >= 11 is 0. The molecule has 0 bridgehead atoms. The van der Waals surface area contributed by atoms with Crippen LogP contribution < -0.4 is 11.3 Å². The molecule has 342 valence electrons. The number of hydrogen-bond acceptors (Lipinski definition) is 17. The monoisotopic (exact) mass is 848 g/mol. The van der Waals surface area contributed by atoms with Crippen molar-refractivity contribution in [2.45, 2.75) is 186 Å². The highest BCUT2D eigenvalue weighted by atomic mass is 16.7. The van der Waals surface area contributed by atoms with E-state index in [1.165, 1.54) is 35.0 Å². The van der Waals surface area contributed by atoms with E-state index in [0.29, 0.717) is 6.42 Å². The lowest BCUT2D eigenvalue weighted by molar-refractivity contribution is -0.320. The molecule has 0 spiro atoms. The fourth-order valence-corrected chi connectivity index (χ4v) is 9.25. The highest BCUT2D eigenvalue weighted by Gasteiger charge is 2.55. The molecule has 0 saturated carbocycles. The number of amides is 1. The number of cyclic esters (lactones) is 1. The third kappa shape index (κ3) is 11.5. The smallest absolute Gasteiger partial charge is 0.421 e. The van der Waals surface area contributed by atoms with Gasteiger partial charge in [-0.25, -0.2) is 10.6 Å². The number of likely N-dealkylation sites (N-methyl/N-ethyl adjacent to an activating group) is 1. The summed E-state index contributed by atoms with van der Waals surface area (Å²) in [7, 11) is 6.69. The Bertz CT molecular complexity index is 1440. The van der Waals surface area contributed by atoms with Gasteiger partial charge in [0, 0.05) is 45.3 Å². The molecule has 0 aromatic rings. The highest BCUT2D eigenvalue weighted by molar-refractivity contribution is 5.83. The van der Waals surface area contributed by atoms with Crippen molar-refractivity contribution in [1.82, 2.24) is 10.3 Å². The summed E-state index contributed by atoms with van der Waals surface area (Å²) in [4.78, 5) is 55.3. The summed E-state index contributed by atoms with van der Waals surface area (Å²) in [6, 6.07) is -0.307. The van der Waals surface area contributed by atoms with Crippen molar-refractivity contribution in [3.05, 3.63) is 0 Å². The molecule has 18 heteroatoms. The van der Waals surface area contributed by atoms with E-state index in [1.807, 2.05) is 38.3 Å². The number of Topliss-reactive ketones (excluding diaryl/α,β-unsaturated/α-hetero) is 1. The third-order valence-electron chi connectivity index (χ3n) is 12.9. The predicted molar refractivity (Wildman–Crippen MR) is 212 cm³/mol. The zero-order chi connectivity index (χ0) is 44.9. The quantitative estimate of drug-likeness (QED) is 0.0814. The summed E-state index contributed by atoms with van der Waals surface area (Å²) in [6.45, 7) is 18.1. The molecule has 0 radical (unpaired) electrons. The second-order valence-electron chi connectivity index (χ2n) is 17.7.